The van der Waals surface area contributed by atoms with E-state index >= 15 is 0 Å². The Balaban J connectivity index is 1.36. The van der Waals surface area contributed by atoms with Crippen molar-refractivity contribution in [3.05, 3.63) is 184 Å². The Morgan fingerprint density at radius 1 is 0.490 bits per heavy atom. The molecular formula is C46H34O3S2. The number of hydrogen-bond acceptors (Lipinski definition) is 3. The third-order valence-electron chi connectivity index (χ3n) is 11.2. The van der Waals surface area contributed by atoms with Gasteiger partial charge in [-0.05, 0) is 144 Å². The van der Waals surface area contributed by atoms with Gasteiger partial charge in [-0.25, -0.2) is 12.6 Å². The molecular weight excluding hydrogens is 665 g/mol. The van der Waals surface area contributed by atoms with E-state index in [1.807, 2.05) is 36.4 Å². The van der Waals surface area contributed by atoms with Gasteiger partial charge in [0.2, 0.25) is 9.84 Å². The summed E-state index contributed by atoms with van der Waals surface area (Å²) in [4.78, 5) is 2.54. The Kier molecular flexibility index (Phi) is 6.17. The number of rotatable bonds is 2. The summed E-state index contributed by atoms with van der Waals surface area (Å²) in [6, 6.07) is 33.1. The summed E-state index contributed by atoms with van der Waals surface area (Å²) >= 11 is 0. The number of sulfone groups is 1. The standard InChI is InChI=1S/C46H34O3S2/c1-23-15-25(3)39(26(4)16-23)43-35-21-30-20-34-36(22-29(30)19-33(35)41-31-11-7-9-13-37(31)50(47)45(41)43)44(40-27(5)17-24(2)18-28(40)6)46-42(34)32-12-8-10-14-38(32)51(46,48)49/h7-22H,1-6H3. The van der Waals surface area contributed by atoms with Crippen molar-refractivity contribution in [3.63, 3.8) is 0 Å². The average Bonchev–Trinajstić information content (AvgIpc) is 3.74. The molecule has 1 unspecified atom stereocenters. The molecule has 4 aliphatic rings. The van der Waals surface area contributed by atoms with Crippen LogP contribution in [0.1, 0.15) is 66.8 Å². The summed E-state index contributed by atoms with van der Waals surface area (Å²) in [6.07, 6.45) is 0. The van der Waals surface area contributed by atoms with Gasteiger partial charge in [0, 0.05) is 33.4 Å². The Morgan fingerprint density at radius 2 is 0.980 bits per heavy atom. The van der Waals surface area contributed by atoms with Gasteiger partial charge >= 0.3 is 0 Å². The maximum absolute atomic E-state index is 14.5. The number of fused-ring (bicyclic) bond motifs is 9. The lowest BCUT2D eigenvalue weighted by Crippen LogP contribution is -2.16. The first-order chi connectivity index (χ1) is 24.5. The first-order valence-corrected chi connectivity index (χ1v) is 20.0. The van der Waals surface area contributed by atoms with Gasteiger partial charge in [0.1, 0.15) is 0 Å². The van der Waals surface area contributed by atoms with Crippen LogP contribution < -0.4 is 10.4 Å². The van der Waals surface area contributed by atoms with Gasteiger partial charge in [-0.3, -0.25) is 0 Å². The molecule has 51 heavy (non-hydrogen) atoms. The van der Waals surface area contributed by atoms with Crippen LogP contribution in [-0.2, 0) is 20.6 Å². The van der Waals surface area contributed by atoms with Crippen molar-refractivity contribution in [3.8, 4) is 0 Å². The predicted octanol–water partition coefficient (Wildman–Crippen LogP) is 8.54. The molecule has 2 heterocycles. The third-order valence-corrected chi connectivity index (χ3v) is 14.6. The third kappa shape index (κ3) is 3.94. The second-order valence-corrected chi connectivity index (χ2v) is 17.9. The van der Waals surface area contributed by atoms with Crippen molar-refractivity contribution in [1.82, 2.24) is 0 Å². The largest absolute Gasteiger partial charge is 0.249 e. The lowest BCUT2D eigenvalue weighted by atomic mass is 9.91. The van der Waals surface area contributed by atoms with Crippen LogP contribution in [0, 0.1) is 41.5 Å². The highest BCUT2D eigenvalue weighted by Crippen LogP contribution is 2.52. The number of hydrogen-bond donors (Lipinski definition) is 0. The second kappa shape index (κ2) is 10.2. The molecule has 0 bridgehead atoms. The van der Waals surface area contributed by atoms with E-state index in [0.717, 1.165) is 115 Å². The maximum Gasteiger partial charge on any atom is 0.208 e. The highest BCUT2D eigenvalue weighted by molar-refractivity contribution is 7.96. The Hall–Kier alpha value is -5.10. The van der Waals surface area contributed by atoms with Gasteiger partial charge < -0.3 is 0 Å². The summed E-state index contributed by atoms with van der Waals surface area (Å²) in [5.41, 5.74) is 16.4. The van der Waals surface area contributed by atoms with Crippen LogP contribution in [-0.4, -0.2) is 12.6 Å². The minimum absolute atomic E-state index is 0.373. The zero-order valence-electron chi connectivity index (χ0n) is 29.3. The number of benzene rings is 6. The number of allylic oxidation sites excluding steroid dienone is 2. The molecule has 0 amide bonds. The van der Waals surface area contributed by atoms with Gasteiger partial charge in [-0.1, -0.05) is 71.8 Å². The summed E-state index contributed by atoms with van der Waals surface area (Å²) in [5, 5.41) is 4.07. The van der Waals surface area contributed by atoms with Crippen molar-refractivity contribution in [2.45, 2.75) is 51.3 Å². The van der Waals surface area contributed by atoms with Crippen LogP contribution in [0.4, 0.5) is 0 Å². The van der Waals surface area contributed by atoms with Crippen LogP contribution in [0.15, 0.2) is 117 Å². The van der Waals surface area contributed by atoms with Gasteiger partial charge in [-0.2, -0.15) is 0 Å². The molecule has 0 aromatic heterocycles. The lowest BCUT2D eigenvalue weighted by molar-refractivity contribution is 0.604. The van der Waals surface area contributed by atoms with Crippen LogP contribution in [0.25, 0.3) is 33.1 Å². The molecule has 3 nitrogen and oxygen atoms in total. The molecule has 1 atom stereocenters. The quantitative estimate of drug-likeness (QED) is 0.182. The molecule has 0 N–H and O–H groups in total. The molecule has 2 aliphatic carbocycles. The molecule has 0 radical (unpaired) electrons. The molecule has 5 heteroatoms. The monoisotopic (exact) mass is 698 g/mol. The van der Waals surface area contributed by atoms with Gasteiger partial charge in [0.25, 0.3) is 0 Å². The van der Waals surface area contributed by atoms with E-state index in [-0.39, 0.29) is 0 Å². The van der Waals surface area contributed by atoms with Crippen molar-refractivity contribution < 1.29 is 12.6 Å². The zero-order valence-corrected chi connectivity index (χ0v) is 30.9. The molecule has 0 spiro atoms. The molecule has 10 rings (SSSR count). The molecule has 6 aromatic carbocycles. The van der Waals surface area contributed by atoms with Crippen molar-refractivity contribution in [1.29, 1.82) is 0 Å². The normalized spacial score (nSPS) is 17.6. The number of aryl methyl sites for hydroxylation is 6. The second-order valence-electron chi connectivity index (χ2n) is 14.6. The zero-order chi connectivity index (χ0) is 35.2. The molecule has 0 saturated heterocycles. The summed E-state index contributed by atoms with van der Waals surface area (Å²) in [6.45, 7) is 12.7. The van der Waals surface area contributed by atoms with E-state index in [0.29, 0.717) is 9.80 Å². The molecule has 248 valence electrons. The SMILES string of the molecule is Cc1cc(C)c(C2=c3cc4cc5c(cc4cc3C3=C2S(=O)c2ccccc23)=C(c2c(C)cc(C)cc2C)C2=C5c3ccccc3S2(=O)=O)c(C)c1. The van der Waals surface area contributed by atoms with Crippen LogP contribution in [0.5, 0.6) is 0 Å². The lowest BCUT2D eigenvalue weighted by Gasteiger charge is -2.16. The molecule has 2 aliphatic heterocycles. The van der Waals surface area contributed by atoms with E-state index in [4.69, 9.17) is 0 Å². The predicted molar refractivity (Wildman–Crippen MR) is 208 cm³/mol. The maximum atomic E-state index is 14.5. The minimum Gasteiger partial charge on any atom is -0.249 e. The van der Waals surface area contributed by atoms with E-state index < -0.39 is 20.6 Å². The fraction of sp³-hybridized carbons (Fsp3) is 0.130. The van der Waals surface area contributed by atoms with E-state index in [2.05, 4.69) is 96.1 Å². The van der Waals surface area contributed by atoms with Crippen LogP contribution in [0.2, 0.25) is 0 Å². The van der Waals surface area contributed by atoms with Crippen LogP contribution >= 0.6 is 0 Å². The van der Waals surface area contributed by atoms with Crippen molar-refractivity contribution in [2.75, 3.05) is 0 Å². The summed E-state index contributed by atoms with van der Waals surface area (Å²) in [7, 11) is -5.10. The Morgan fingerprint density at radius 3 is 1.59 bits per heavy atom. The van der Waals surface area contributed by atoms with Gasteiger partial charge in [0.15, 0.2) is 0 Å². The van der Waals surface area contributed by atoms with E-state index in [1.54, 1.807) is 6.07 Å². The first kappa shape index (κ1) is 30.7. The Bertz CT molecular complexity index is 3000. The fourth-order valence-electron chi connectivity index (χ4n) is 9.51. The smallest absolute Gasteiger partial charge is 0.208 e. The van der Waals surface area contributed by atoms with Gasteiger partial charge in [-0.15, -0.1) is 0 Å². The highest BCUT2D eigenvalue weighted by Gasteiger charge is 2.43. The fourth-order valence-corrected chi connectivity index (χ4v) is 13.0. The van der Waals surface area contributed by atoms with Crippen molar-refractivity contribution >= 4 is 53.7 Å². The Labute approximate surface area is 300 Å². The summed E-state index contributed by atoms with van der Waals surface area (Å²) in [5.74, 6) is 0. The van der Waals surface area contributed by atoms with Gasteiger partial charge in [0.05, 0.1) is 30.4 Å². The van der Waals surface area contributed by atoms with Crippen molar-refractivity contribution in [2.24, 2.45) is 0 Å². The molecule has 0 saturated carbocycles. The highest BCUT2D eigenvalue weighted by atomic mass is 32.2. The average molecular weight is 699 g/mol. The topological polar surface area (TPSA) is 51.2 Å². The minimum atomic E-state index is -3.77. The molecule has 6 aromatic rings. The van der Waals surface area contributed by atoms with E-state index in [9.17, 15) is 12.6 Å². The van der Waals surface area contributed by atoms with E-state index in [1.165, 1.54) is 5.56 Å². The summed E-state index contributed by atoms with van der Waals surface area (Å²) < 4.78 is 43.4. The van der Waals surface area contributed by atoms with Crippen LogP contribution in [0.3, 0.4) is 0 Å². The first-order valence-electron chi connectivity index (χ1n) is 17.3. The molecule has 0 fully saturated rings.